The van der Waals surface area contributed by atoms with Crippen LogP contribution in [0.1, 0.15) is 18.9 Å². The van der Waals surface area contributed by atoms with Gasteiger partial charge in [-0.05, 0) is 18.6 Å². The highest BCUT2D eigenvalue weighted by Gasteiger charge is 2.10. The van der Waals surface area contributed by atoms with Crippen LogP contribution in [0.25, 0.3) is 0 Å². The van der Waals surface area contributed by atoms with Gasteiger partial charge in [0.15, 0.2) is 0 Å². The van der Waals surface area contributed by atoms with Crippen LogP contribution < -0.4 is 5.73 Å². The summed E-state index contributed by atoms with van der Waals surface area (Å²) in [5, 5.41) is 0.931. The fourth-order valence-corrected chi connectivity index (χ4v) is 1.72. The Hall–Kier alpha value is -0.570. The predicted molar refractivity (Wildman–Crippen MR) is 63.4 cm³/mol. The first-order chi connectivity index (χ1) is 7.00. The molecule has 0 bridgehead atoms. The number of rotatable bonds is 4. The lowest BCUT2D eigenvalue weighted by molar-refractivity contribution is -0.118. The van der Waals surface area contributed by atoms with E-state index in [-0.39, 0.29) is 11.8 Å². The molecule has 0 spiro atoms. The van der Waals surface area contributed by atoms with Crippen LogP contribution in [0.5, 0.6) is 0 Å². The Morgan fingerprint density at radius 3 is 2.73 bits per heavy atom. The van der Waals surface area contributed by atoms with Crippen LogP contribution >= 0.6 is 23.2 Å². The summed E-state index contributed by atoms with van der Waals surface area (Å²) >= 11 is 11.8. The standard InChI is InChI=1S/C11H13Cl2NO/c1-7(14)5-9(15)6-8-3-2-4-10(12)11(8)13/h2-4,7H,5-6,14H2,1H3. The number of benzene rings is 1. The quantitative estimate of drug-likeness (QED) is 0.887. The van der Waals surface area contributed by atoms with Crippen LogP contribution in [0.15, 0.2) is 18.2 Å². The number of carbonyl (C=O) groups is 1. The smallest absolute Gasteiger partial charge is 0.138 e. The van der Waals surface area contributed by atoms with E-state index in [0.29, 0.717) is 22.9 Å². The average molecular weight is 246 g/mol. The Morgan fingerprint density at radius 1 is 1.47 bits per heavy atom. The fraction of sp³-hybridized carbons (Fsp3) is 0.364. The molecular formula is C11H13Cl2NO. The summed E-state index contributed by atoms with van der Waals surface area (Å²) < 4.78 is 0. The van der Waals surface area contributed by atoms with Gasteiger partial charge in [0.1, 0.15) is 5.78 Å². The second kappa shape index (κ2) is 5.50. The molecule has 15 heavy (non-hydrogen) atoms. The highest BCUT2D eigenvalue weighted by atomic mass is 35.5. The van der Waals surface area contributed by atoms with Gasteiger partial charge in [0.25, 0.3) is 0 Å². The zero-order valence-electron chi connectivity index (χ0n) is 8.47. The molecule has 2 nitrogen and oxygen atoms in total. The molecule has 1 rings (SSSR count). The van der Waals surface area contributed by atoms with Crippen molar-refractivity contribution in [3.63, 3.8) is 0 Å². The molecule has 82 valence electrons. The fourth-order valence-electron chi connectivity index (χ4n) is 1.33. The Bertz CT molecular complexity index is 364. The number of nitrogens with two attached hydrogens (primary N) is 1. The number of halogens is 2. The lowest BCUT2D eigenvalue weighted by Crippen LogP contribution is -2.20. The third kappa shape index (κ3) is 3.82. The van der Waals surface area contributed by atoms with E-state index < -0.39 is 0 Å². The molecule has 0 aliphatic heterocycles. The average Bonchev–Trinajstić information content (AvgIpc) is 2.11. The molecule has 0 saturated heterocycles. The zero-order chi connectivity index (χ0) is 11.4. The maximum Gasteiger partial charge on any atom is 0.138 e. The molecule has 0 aliphatic carbocycles. The molecular weight excluding hydrogens is 233 g/mol. The first kappa shape index (κ1) is 12.5. The van der Waals surface area contributed by atoms with Crippen molar-refractivity contribution < 1.29 is 4.79 Å². The summed E-state index contributed by atoms with van der Waals surface area (Å²) in [6.07, 6.45) is 0.657. The van der Waals surface area contributed by atoms with E-state index in [1.807, 2.05) is 0 Å². The maximum absolute atomic E-state index is 11.5. The summed E-state index contributed by atoms with van der Waals surface area (Å²) in [6, 6.07) is 5.16. The van der Waals surface area contributed by atoms with Crippen molar-refractivity contribution in [3.05, 3.63) is 33.8 Å². The lowest BCUT2D eigenvalue weighted by atomic mass is 10.0. The minimum Gasteiger partial charge on any atom is -0.328 e. The van der Waals surface area contributed by atoms with E-state index >= 15 is 0 Å². The molecule has 0 aliphatic rings. The number of ketones is 1. The number of hydrogen-bond donors (Lipinski definition) is 1. The molecule has 0 saturated carbocycles. The van der Waals surface area contributed by atoms with Crippen molar-refractivity contribution in [1.82, 2.24) is 0 Å². The van der Waals surface area contributed by atoms with Crippen LogP contribution in [0.4, 0.5) is 0 Å². The summed E-state index contributed by atoms with van der Waals surface area (Å²) in [6.45, 7) is 1.80. The van der Waals surface area contributed by atoms with Crippen LogP contribution in [-0.2, 0) is 11.2 Å². The van der Waals surface area contributed by atoms with Gasteiger partial charge in [-0.3, -0.25) is 4.79 Å². The predicted octanol–water partition coefficient (Wildman–Crippen LogP) is 2.84. The second-order valence-electron chi connectivity index (χ2n) is 3.61. The van der Waals surface area contributed by atoms with Gasteiger partial charge in [0.2, 0.25) is 0 Å². The van der Waals surface area contributed by atoms with Gasteiger partial charge >= 0.3 is 0 Å². The maximum atomic E-state index is 11.5. The lowest BCUT2D eigenvalue weighted by Gasteiger charge is -2.06. The Morgan fingerprint density at radius 2 is 2.13 bits per heavy atom. The highest BCUT2D eigenvalue weighted by molar-refractivity contribution is 6.42. The van der Waals surface area contributed by atoms with Crippen molar-refractivity contribution in [2.75, 3.05) is 0 Å². The van der Waals surface area contributed by atoms with Crippen LogP contribution in [0.2, 0.25) is 10.0 Å². The monoisotopic (exact) mass is 245 g/mol. The van der Waals surface area contributed by atoms with E-state index in [9.17, 15) is 4.79 Å². The normalized spacial score (nSPS) is 12.5. The molecule has 0 radical (unpaired) electrons. The van der Waals surface area contributed by atoms with E-state index in [1.54, 1.807) is 25.1 Å². The summed E-state index contributed by atoms with van der Waals surface area (Å²) in [7, 11) is 0. The summed E-state index contributed by atoms with van der Waals surface area (Å²) in [5.41, 5.74) is 6.29. The molecule has 2 N–H and O–H groups in total. The summed E-state index contributed by atoms with van der Waals surface area (Å²) in [5.74, 6) is 0.0779. The van der Waals surface area contributed by atoms with Gasteiger partial charge in [-0.2, -0.15) is 0 Å². The Labute approximate surface area is 99.4 Å². The largest absolute Gasteiger partial charge is 0.328 e. The second-order valence-corrected chi connectivity index (χ2v) is 4.39. The van der Waals surface area contributed by atoms with Gasteiger partial charge in [-0.1, -0.05) is 35.3 Å². The third-order valence-corrected chi connectivity index (χ3v) is 2.83. The number of hydrogen-bond acceptors (Lipinski definition) is 2. The van der Waals surface area contributed by atoms with Crippen molar-refractivity contribution in [1.29, 1.82) is 0 Å². The van der Waals surface area contributed by atoms with E-state index in [4.69, 9.17) is 28.9 Å². The number of carbonyl (C=O) groups excluding carboxylic acids is 1. The topological polar surface area (TPSA) is 43.1 Å². The molecule has 0 amide bonds. The molecule has 0 heterocycles. The minimum absolute atomic E-state index is 0.0779. The van der Waals surface area contributed by atoms with Gasteiger partial charge < -0.3 is 5.73 Å². The minimum atomic E-state index is -0.115. The first-order valence-electron chi connectivity index (χ1n) is 4.71. The van der Waals surface area contributed by atoms with Gasteiger partial charge in [-0.15, -0.1) is 0 Å². The van der Waals surface area contributed by atoms with Gasteiger partial charge in [0.05, 0.1) is 10.0 Å². The molecule has 4 heteroatoms. The van der Waals surface area contributed by atoms with Crippen LogP contribution in [-0.4, -0.2) is 11.8 Å². The van der Waals surface area contributed by atoms with Crippen LogP contribution in [0.3, 0.4) is 0 Å². The van der Waals surface area contributed by atoms with Crippen molar-refractivity contribution in [3.8, 4) is 0 Å². The van der Waals surface area contributed by atoms with Crippen molar-refractivity contribution in [2.24, 2.45) is 5.73 Å². The molecule has 1 aromatic rings. The third-order valence-electron chi connectivity index (χ3n) is 1.97. The summed E-state index contributed by atoms with van der Waals surface area (Å²) in [4.78, 5) is 11.5. The van der Waals surface area contributed by atoms with Crippen molar-refractivity contribution in [2.45, 2.75) is 25.8 Å². The molecule has 1 unspecified atom stereocenters. The Balaban J connectivity index is 2.73. The van der Waals surface area contributed by atoms with E-state index in [1.165, 1.54) is 0 Å². The van der Waals surface area contributed by atoms with Gasteiger partial charge in [0, 0.05) is 18.9 Å². The first-order valence-corrected chi connectivity index (χ1v) is 5.46. The SMILES string of the molecule is CC(N)CC(=O)Cc1cccc(Cl)c1Cl. The van der Waals surface area contributed by atoms with Crippen LogP contribution in [0, 0.1) is 0 Å². The van der Waals surface area contributed by atoms with E-state index in [0.717, 1.165) is 5.56 Å². The molecule has 1 atom stereocenters. The zero-order valence-corrected chi connectivity index (χ0v) is 9.98. The molecule has 0 fully saturated rings. The molecule has 0 aromatic heterocycles. The number of Topliss-reactive ketones (excluding diaryl/α,β-unsaturated/α-hetero) is 1. The van der Waals surface area contributed by atoms with Crippen molar-refractivity contribution >= 4 is 29.0 Å². The highest BCUT2D eigenvalue weighted by Crippen LogP contribution is 2.26. The molecule has 1 aromatic carbocycles. The van der Waals surface area contributed by atoms with Gasteiger partial charge in [-0.25, -0.2) is 0 Å². The Kier molecular flexibility index (Phi) is 4.58. The van der Waals surface area contributed by atoms with E-state index in [2.05, 4.69) is 0 Å².